The second kappa shape index (κ2) is 8.20. The molecule has 0 saturated carbocycles. The summed E-state index contributed by atoms with van der Waals surface area (Å²) in [7, 11) is 1.22. The van der Waals surface area contributed by atoms with Gasteiger partial charge < -0.3 is 15.0 Å². The molecule has 1 aromatic rings. The number of carbonyl (C=O) groups excluding carboxylic acids is 3. The largest absolute Gasteiger partial charge is 0.468 e. The van der Waals surface area contributed by atoms with Crippen LogP contribution in [0.25, 0.3) is 0 Å². The number of carbonyl (C=O) groups is 3. The van der Waals surface area contributed by atoms with Crippen molar-refractivity contribution in [2.24, 2.45) is 5.92 Å². The first-order valence-corrected chi connectivity index (χ1v) is 8.03. The van der Waals surface area contributed by atoms with Crippen molar-refractivity contribution in [2.45, 2.75) is 19.0 Å². The molecule has 1 N–H and O–H groups in total. The van der Waals surface area contributed by atoms with Crippen LogP contribution in [0.2, 0.25) is 0 Å². The Bertz CT molecular complexity index is 666. The average molecular weight is 372 g/mol. The number of methoxy groups -OCH3 is 1. The van der Waals surface area contributed by atoms with Crippen molar-refractivity contribution in [1.29, 1.82) is 0 Å². The van der Waals surface area contributed by atoms with E-state index in [0.29, 0.717) is 25.9 Å². The van der Waals surface area contributed by atoms with Gasteiger partial charge in [-0.1, -0.05) is 0 Å². The van der Waals surface area contributed by atoms with E-state index >= 15 is 0 Å². The van der Waals surface area contributed by atoms with Crippen LogP contribution in [0.1, 0.15) is 28.8 Å². The molecule has 1 saturated heterocycles. The molecule has 2 amide bonds. The van der Waals surface area contributed by atoms with E-state index in [9.17, 15) is 27.6 Å². The molecule has 0 aliphatic carbocycles. The number of alkyl halides is 3. The zero-order valence-electron chi connectivity index (χ0n) is 14.1. The molecule has 1 aromatic carbocycles. The monoisotopic (exact) mass is 372 g/mol. The first-order chi connectivity index (χ1) is 12.2. The van der Waals surface area contributed by atoms with Crippen molar-refractivity contribution in [3.63, 3.8) is 0 Å². The van der Waals surface area contributed by atoms with Gasteiger partial charge in [-0.25, -0.2) is 0 Å². The van der Waals surface area contributed by atoms with Crippen molar-refractivity contribution in [3.05, 3.63) is 35.4 Å². The number of piperidine rings is 1. The molecule has 1 aliphatic heterocycles. The van der Waals surface area contributed by atoms with Gasteiger partial charge >= 0.3 is 12.1 Å². The van der Waals surface area contributed by atoms with Crippen molar-refractivity contribution >= 4 is 17.8 Å². The first-order valence-electron chi connectivity index (χ1n) is 8.03. The number of nitrogens with one attached hydrogen (secondary N) is 1. The smallest absolute Gasteiger partial charge is 0.416 e. The van der Waals surface area contributed by atoms with E-state index in [-0.39, 0.29) is 29.8 Å². The summed E-state index contributed by atoms with van der Waals surface area (Å²) in [6.07, 6.45) is -3.61. The van der Waals surface area contributed by atoms with E-state index in [2.05, 4.69) is 10.1 Å². The molecule has 1 heterocycles. The summed E-state index contributed by atoms with van der Waals surface area (Å²) < 4.78 is 42.1. The zero-order valence-corrected chi connectivity index (χ0v) is 14.1. The topological polar surface area (TPSA) is 75.7 Å². The summed E-state index contributed by atoms with van der Waals surface area (Å²) in [5.41, 5.74) is -0.637. The lowest BCUT2D eigenvalue weighted by Crippen LogP contribution is -2.44. The molecule has 1 fully saturated rings. The van der Waals surface area contributed by atoms with Gasteiger partial charge in [0.05, 0.1) is 12.7 Å². The van der Waals surface area contributed by atoms with Gasteiger partial charge in [0.25, 0.3) is 5.91 Å². The lowest BCUT2D eigenvalue weighted by molar-refractivity contribution is -0.141. The summed E-state index contributed by atoms with van der Waals surface area (Å²) in [5.74, 6) is -1.52. The van der Waals surface area contributed by atoms with Gasteiger partial charge in [-0.05, 0) is 37.1 Å². The van der Waals surface area contributed by atoms with Gasteiger partial charge in [-0.3, -0.25) is 14.4 Å². The minimum atomic E-state index is -4.45. The Kier molecular flexibility index (Phi) is 6.23. The Morgan fingerprint density at radius 1 is 1.15 bits per heavy atom. The zero-order chi connectivity index (χ0) is 19.3. The number of ether oxygens (including phenoxy) is 1. The van der Waals surface area contributed by atoms with Crippen molar-refractivity contribution in [3.8, 4) is 0 Å². The maximum Gasteiger partial charge on any atom is 0.416 e. The predicted molar refractivity (Wildman–Crippen MR) is 85.1 cm³/mol. The highest BCUT2D eigenvalue weighted by Gasteiger charge is 2.31. The molecule has 0 unspecified atom stereocenters. The fraction of sp³-hybridized carbons (Fsp3) is 0.471. The van der Waals surface area contributed by atoms with Crippen molar-refractivity contribution < 1.29 is 32.3 Å². The van der Waals surface area contributed by atoms with E-state index in [1.54, 1.807) is 0 Å². The number of likely N-dealkylation sites (tertiary alicyclic amines) is 1. The number of hydrogen-bond donors (Lipinski definition) is 1. The number of halogens is 3. The number of esters is 1. The van der Waals surface area contributed by atoms with Gasteiger partial charge in [0.1, 0.15) is 6.54 Å². The van der Waals surface area contributed by atoms with E-state index in [0.717, 1.165) is 24.3 Å². The minimum absolute atomic E-state index is 0.173. The highest BCUT2D eigenvalue weighted by Crippen LogP contribution is 2.29. The highest BCUT2D eigenvalue weighted by atomic mass is 19.4. The van der Waals surface area contributed by atoms with Gasteiger partial charge in [-0.15, -0.1) is 0 Å². The van der Waals surface area contributed by atoms with Crippen molar-refractivity contribution in [2.75, 3.05) is 26.7 Å². The quantitative estimate of drug-likeness (QED) is 0.819. The predicted octanol–water partition coefficient (Wildman–Crippen LogP) is 1.85. The number of rotatable bonds is 4. The second-order valence-electron chi connectivity index (χ2n) is 5.94. The molecular weight excluding hydrogens is 353 g/mol. The molecule has 2 rings (SSSR count). The maximum absolute atomic E-state index is 12.6. The fourth-order valence-electron chi connectivity index (χ4n) is 2.70. The maximum atomic E-state index is 12.6. The molecule has 0 spiro atoms. The SMILES string of the molecule is COC(=O)CNC(=O)C1CCN(C(=O)c2ccc(C(F)(F)F)cc2)CC1. The third-order valence-corrected chi connectivity index (χ3v) is 4.25. The Labute approximate surface area is 148 Å². The second-order valence-corrected chi connectivity index (χ2v) is 5.94. The molecule has 142 valence electrons. The number of benzene rings is 1. The average Bonchev–Trinajstić information content (AvgIpc) is 2.64. The lowest BCUT2D eigenvalue weighted by atomic mass is 9.95. The number of nitrogens with zero attached hydrogens (tertiary/aromatic N) is 1. The summed E-state index contributed by atoms with van der Waals surface area (Å²) >= 11 is 0. The van der Waals surface area contributed by atoms with E-state index < -0.39 is 17.7 Å². The summed E-state index contributed by atoms with van der Waals surface area (Å²) in [6, 6.07) is 4.06. The third kappa shape index (κ3) is 4.96. The number of amides is 2. The highest BCUT2D eigenvalue weighted by molar-refractivity contribution is 5.94. The van der Waals surface area contributed by atoms with Crippen LogP contribution in [-0.2, 0) is 20.5 Å². The van der Waals surface area contributed by atoms with Crippen LogP contribution in [0.3, 0.4) is 0 Å². The van der Waals surface area contributed by atoms with Gasteiger partial charge in [0, 0.05) is 24.6 Å². The summed E-state index contributed by atoms with van der Waals surface area (Å²) in [6.45, 7) is 0.423. The van der Waals surface area contributed by atoms with Crippen LogP contribution in [0.15, 0.2) is 24.3 Å². The minimum Gasteiger partial charge on any atom is -0.468 e. The molecule has 6 nitrogen and oxygen atoms in total. The number of hydrogen-bond acceptors (Lipinski definition) is 4. The van der Waals surface area contributed by atoms with Crippen molar-refractivity contribution in [1.82, 2.24) is 10.2 Å². The van der Waals surface area contributed by atoms with E-state index in [1.165, 1.54) is 12.0 Å². The van der Waals surface area contributed by atoms with Gasteiger partial charge in [0.15, 0.2) is 0 Å². The molecule has 0 atom stereocenters. The molecular formula is C17H19F3N2O4. The fourth-order valence-corrected chi connectivity index (χ4v) is 2.70. The normalized spacial score (nSPS) is 15.5. The Balaban J connectivity index is 1.88. The van der Waals surface area contributed by atoms with Crippen LogP contribution < -0.4 is 5.32 Å². The molecule has 9 heteroatoms. The van der Waals surface area contributed by atoms with Gasteiger partial charge in [0.2, 0.25) is 5.91 Å². The summed E-state index contributed by atoms with van der Waals surface area (Å²) in [4.78, 5) is 36.9. The lowest BCUT2D eigenvalue weighted by Gasteiger charge is -2.31. The standard InChI is InChI=1S/C17H19F3N2O4/c1-26-14(23)10-21-15(24)11-6-8-22(9-7-11)16(25)12-2-4-13(5-3-12)17(18,19)20/h2-5,11H,6-10H2,1H3,(H,21,24). The molecule has 26 heavy (non-hydrogen) atoms. The van der Waals surface area contributed by atoms with Crippen LogP contribution in [0.5, 0.6) is 0 Å². The van der Waals surface area contributed by atoms with Crippen LogP contribution >= 0.6 is 0 Å². The molecule has 1 aliphatic rings. The Morgan fingerprint density at radius 3 is 2.23 bits per heavy atom. The van der Waals surface area contributed by atoms with E-state index in [1.807, 2.05) is 0 Å². The first kappa shape index (κ1) is 19.7. The third-order valence-electron chi connectivity index (χ3n) is 4.25. The Hall–Kier alpha value is -2.58. The van der Waals surface area contributed by atoms with Crippen LogP contribution in [0.4, 0.5) is 13.2 Å². The van der Waals surface area contributed by atoms with E-state index in [4.69, 9.17) is 0 Å². The van der Waals surface area contributed by atoms with Gasteiger partial charge in [-0.2, -0.15) is 13.2 Å². The molecule has 0 radical (unpaired) electrons. The van der Waals surface area contributed by atoms with Crippen LogP contribution in [-0.4, -0.2) is 49.4 Å². The molecule has 0 bridgehead atoms. The molecule has 0 aromatic heterocycles. The van der Waals surface area contributed by atoms with Crippen LogP contribution in [0, 0.1) is 5.92 Å². The summed E-state index contributed by atoms with van der Waals surface area (Å²) in [5, 5.41) is 2.48. The Morgan fingerprint density at radius 2 is 1.73 bits per heavy atom.